The van der Waals surface area contributed by atoms with Crippen LogP contribution in [0.2, 0.25) is 0 Å². The Morgan fingerprint density at radius 3 is 2.79 bits per heavy atom. The number of ether oxygens (including phenoxy) is 1. The van der Waals surface area contributed by atoms with Crippen molar-refractivity contribution in [2.45, 2.75) is 31.0 Å². The van der Waals surface area contributed by atoms with Gasteiger partial charge in [0.15, 0.2) is 0 Å². The maximum absolute atomic E-state index is 5.82. The molecule has 0 bridgehead atoms. The maximum atomic E-state index is 5.82. The highest BCUT2D eigenvalue weighted by molar-refractivity contribution is 7.99. The maximum Gasteiger partial charge on any atom is 0.282 e. The first-order chi connectivity index (χ1) is 9.04. The van der Waals surface area contributed by atoms with Crippen LogP contribution in [0.25, 0.3) is 0 Å². The van der Waals surface area contributed by atoms with E-state index in [2.05, 4.69) is 29.0 Å². The van der Waals surface area contributed by atoms with E-state index in [0.717, 1.165) is 0 Å². The van der Waals surface area contributed by atoms with E-state index in [1.807, 2.05) is 0 Å². The molecule has 0 saturated carbocycles. The van der Waals surface area contributed by atoms with Gasteiger partial charge >= 0.3 is 0 Å². The smallest absolute Gasteiger partial charge is 0.282 e. The second kappa shape index (κ2) is 5.92. The highest BCUT2D eigenvalue weighted by Gasteiger charge is 2.10. The number of anilines is 1. The standard InChI is InChI=1S/C12H16N4O2S/c1-7(2)6-17-11-9(13)4-5-10(14-11)19-12-16-15-8(3)18-12/h4-5,7H,6,13H2,1-3H3. The van der Waals surface area contributed by atoms with Crippen LogP contribution < -0.4 is 10.5 Å². The van der Waals surface area contributed by atoms with Crippen molar-refractivity contribution >= 4 is 17.4 Å². The molecule has 0 saturated heterocycles. The van der Waals surface area contributed by atoms with Crippen LogP contribution in [-0.2, 0) is 0 Å². The van der Waals surface area contributed by atoms with Gasteiger partial charge in [0.05, 0.1) is 12.3 Å². The van der Waals surface area contributed by atoms with Gasteiger partial charge in [0, 0.05) is 6.92 Å². The molecule has 6 nitrogen and oxygen atoms in total. The van der Waals surface area contributed by atoms with Crippen LogP contribution in [0.15, 0.2) is 26.8 Å². The van der Waals surface area contributed by atoms with Gasteiger partial charge in [-0.3, -0.25) is 0 Å². The van der Waals surface area contributed by atoms with Gasteiger partial charge in [-0.25, -0.2) is 4.98 Å². The lowest BCUT2D eigenvalue weighted by Gasteiger charge is -2.10. The fourth-order valence-electron chi connectivity index (χ4n) is 1.26. The molecular weight excluding hydrogens is 264 g/mol. The zero-order valence-corrected chi connectivity index (χ0v) is 11.9. The molecular formula is C12H16N4O2S. The summed E-state index contributed by atoms with van der Waals surface area (Å²) in [4.78, 5) is 4.34. The fourth-order valence-corrected chi connectivity index (χ4v) is 1.95. The van der Waals surface area contributed by atoms with Crippen molar-refractivity contribution in [1.82, 2.24) is 15.2 Å². The SMILES string of the molecule is Cc1nnc(Sc2ccc(N)c(OCC(C)C)n2)o1. The Kier molecular flexibility index (Phi) is 4.26. The van der Waals surface area contributed by atoms with Crippen LogP contribution in [0.1, 0.15) is 19.7 Å². The number of nitrogens with two attached hydrogens (primary N) is 1. The van der Waals surface area contributed by atoms with E-state index >= 15 is 0 Å². The van der Waals surface area contributed by atoms with Gasteiger partial charge in [0.25, 0.3) is 5.22 Å². The molecule has 7 heteroatoms. The molecule has 0 amide bonds. The Morgan fingerprint density at radius 1 is 1.37 bits per heavy atom. The number of hydrogen-bond acceptors (Lipinski definition) is 7. The Hall–Kier alpha value is -1.76. The predicted molar refractivity (Wildman–Crippen MR) is 72.1 cm³/mol. The molecule has 0 aliphatic carbocycles. The Morgan fingerprint density at radius 2 is 2.16 bits per heavy atom. The molecule has 0 spiro atoms. The van der Waals surface area contributed by atoms with Crippen molar-refractivity contribution in [3.05, 3.63) is 18.0 Å². The van der Waals surface area contributed by atoms with Crippen molar-refractivity contribution in [3.8, 4) is 5.88 Å². The van der Waals surface area contributed by atoms with Crippen LogP contribution in [0, 0.1) is 12.8 Å². The van der Waals surface area contributed by atoms with Gasteiger partial charge < -0.3 is 14.9 Å². The number of nitrogens with zero attached hydrogens (tertiary/aromatic N) is 3. The molecule has 102 valence electrons. The number of aromatic nitrogens is 3. The molecule has 0 atom stereocenters. The number of nitrogen functional groups attached to an aromatic ring is 1. The third-order valence-electron chi connectivity index (χ3n) is 2.12. The summed E-state index contributed by atoms with van der Waals surface area (Å²) in [7, 11) is 0. The molecule has 2 aromatic heterocycles. The first-order valence-electron chi connectivity index (χ1n) is 5.92. The first kappa shape index (κ1) is 13.7. The quantitative estimate of drug-likeness (QED) is 0.900. The molecule has 0 unspecified atom stereocenters. The van der Waals surface area contributed by atoms with Crippen molar-refractivity contribution in [3.63, 3.8) is 0 Å². The third kappa shape index (κ3) is 3.85. The number of hydrogen-bond donors (Lipinski definition) is 1. The molecule has 2 aromatic rings. The molecule has 0 aromatic carbocycles. The van der Waals surface area contributed by atoms with Crippen molar-refractivity contribution in [2.24, 2.45) is 5.92 Å². The number of pyridine rings is 1. The lowest BCUT2D eigenvalue weighted by atomic mass is 10.2. The lowest BCUT2D eigenvalue weighted by Crippen LogP contribution is -2.07. The first-order valence-corrected chi connectivity index (χ1v) is 6.73. The minimum Gasteiger partial charge on any atom is -0.476 e. The zero-order chi connectivity index (χ0) is 13.8. The van der Waals surface area contributed by atoms with E-state index in [9.17, 15) is 0 Å². The number of aryl methyl sites for hydroxylation is 1. The Balaban J connectivity index is 2.11. The van der Waals surface area contributed by atoms with E-state index in [1.54, 1.807) is 19.1 Å². The van der Waals surface area contributed by atoms with Gasteiger partial charge in [-0.05, 0) is 29.8 Å². The Bertz CT molecular complexity index is 556. The number of rotatable bonds is 5. The van der Waals surface area contributed by atoms with Gasteiger partial charge in [0.1, 0.15) is 5.03 Å². The molecule has 0 aliphatic rings. The summed E-state index contributed by atoms with van der Waals surface area (Å²) in [5, 5.41) is 8.82. The topological polar surface area (TPSA) is 87.1 Å². The summed E-state index contributed by atoms with van der Waals surface area (Å²) in [6.07, 6.45) is 0. The van der Waals surface area contributed by atoms with Crippen molar-refractivity contribution in [2.75, 3.05) is 12.3 Å². The molecule has 2 N–H and O–H groups in total. The fraction of sp³-hybridized carbons (Fsp3) is 0.417. The highest BCUT2D eigenvalue weighted by Crippen LogP contribution is 2.29. The van der Waals surface area contributed by atoms with Gasteiger partial charge in [-0.15, -0.1) is 10.2 Å². The lowest BCUT2D eigenvalue weighted by molar-refractivity contribution is 0.261. The molecule has 0 aliphatic heterocycles. The van der Waals surface area contributed by atoms with E-state index in [0.29, 0.717) is 40.2 Å². The van der Waals surface area contributed by atoms with Crippen LogP contribution >= 0.6 is 11.8 Å². The zero-order valence-electron chi connectivity index (χ0n) is 11.1. The monoisotopic (exact) mass is 280 g/mol. The highest BCUT2D eigenvalue weighted by atomic mass is 32.2. The molecule has 0 fully saturated rings. The summed E-state index contributed by atoms with van der Waals surface area (Å²) in [5.41, 5.74) is 6.35. The second-order valence-electron chi connectivity index (χ2n) is 4.44. The van der Waals surface area contributed by atoms with Gasteiger partial charge in [-0.1, -0.05) is 13.8 Å². The molecule has 19 heavy (non-hydrogen) atoms. The van der Waals surface area contributed by atoms with Crippen LogP contribution in [0.5, 0.6) is 5.88 Å². The summed E-state index contributed by atoms with van der Waals surface area (Å²) in [5.74, 6) is 1.38. The third-order valence-corrected chi connectivity index (χ3v) is 2.89. The minimum absolute atomic E-state index is 0.413. The van der Waals surface area contributed by atoms with Crippen LogP contribution in [-0.4, -0.2) is 21.8 Å². The van der Waals surface area contributed by atoms with Crippen LogP contribution in [0.3, 0.4) is 0 Å². The molecule has 2 heterocycles. The average molecular weight is 280 g/mol. The minimum atomic E-state index is 0.413. The Labute approximate surface area is 115 Å². The normalized spacial score (nSPS) is 10.9. The summed E-state index contributed by atoms with van der Waals surface area (Å²) in [6, 6.07) is 3.55. The second-order valence-corrected chi connectivity index (χ2v) is 5.41. The molecule has 0 radical (unpaired) electrons. The van der Waals surface area contributed by atoms with Crippen molar-refractivity contribution < 1.29 is 9.15 Å². The summed E-state index contributed by atoms with van der Waals surface area (Å²) in [6.45, 7) is 6.45. The van der Waals surface area contributed by atoms with E-state index in [1.165, 1.54) is 11.8 Å². The van der Waals surface area contributed by atoms with Crippen molar-refractivity contribution in [1.29, 1.82) is 0 Å². The summed E-state index contributed by atoms with van der Waals surface area (Å²) < 4.78 is 10.9. The van der Waals surface area contributed by atoms with Gasteiger partial charge in [0.2, 0.25) is 11.8 Å². The summed E-state index contributed by atoms with van der Waals surface area (Å²) >= 11 is 1.28. The average Bonchev–Trinajstić information content (AvgIpc) is 2.75. The van der Waals surface area contributed by atoms with Crippen LogP contribution in [0.4, 0.5) is 5.69 Å². The van der Waals surface area contributed by atoms with E-state index in [4.69, 9.17) is 14.9 Å². The van der Waals surface area contributed by atoms with E-state index < -0.39 is 0 Å². The molecule has 2 rings (SSSR count). The van der Waals surface area contributed by atoms with Gasteiger partial charge in [-0.2, -0.15) is 0 Å². The largest absolute Gasteiger partial charge is 0.476 e. The predicted octanol–water partition coefficient (Wildman–Crippen LogP) is 2.54. The van der Waals surface area contributed by atoms with E-state index in [-0.39, 0.29) is 0 Å².